The number of amides is 1. The van der Waals surface area contributed by atoms with Gasteiger partial charge in [-0.15, -0.1) is 0 Å². The number of hydrogen-bond acceptors (Lipinski definition) is 5. The number of rotatable bonds is 6. The third kappa shape index (κ3) is 4.07. The molecule has 1 heterocycles. The van der Waals surface area contributed by atoms with Crippen LogP contribution >= 0.6 is 0 Å². The normalized spacial score (nSPS) is 10.5. The standard InChI is InChI=1S/C17H19N3O4/c1-12(2)19(14-7-5-4-6-8-14)16(21)11-24-15-10-9-13(3)18-17(15)20(22)23/h4-10,12H,11H2,1-3H3. The number of aryl methyl sites for hydroxylation is 1. The van der Waals surface area contributed by atoms with Gasteiger partial charge in [-0.2, -0.15) is 0 Å². The van der Waals surface area contributed by atoms with Gasteiger partial charge in [-0.3, -0.25) is 4.79 Å². The molecule has 7 heteroatoms. The van der Waals surface area contributed by atoms with E-state index in [4.69, 9.17) is 4.74 Å². The van der Waals surface area contributed by atoms with Gasteiger partial charge in [-0.1, -0.05) is 18.2 Å². The maximum absolute atomic E-state index is 12.5. The Balaban J connectivity index is 2.16. The molecular formula is C17H19N3O4. The molecule has 0 N–H and O–H groups in total. The summed E-state index contributed by atoms with van der Waals surface area (Å²) < 4.78 is 5.37. The Morgan fingerprint density at radius 2 is 1.92 bits per heavy atom. The van der Waals surface area contributed by atoms with E-state index in [1.165, 1.54) is 6.07 Å². The molecule has 0 aliphatic carbocycles. The van der Waals surface area contributed by atoms with Crippen molar-refractivity contribution in [1.29, 1.82) is 0 Å². The zero-order chi connectivity index (χ0) is 17.7. The van der Waals surface area contributed by atoms with E-state index in [1.807, 2.05) is 44.2 Å². The largest absolute Gasteiger partial charge is 0.476 e. The van der Waals surface area contributed by atoms with Crippen LogP contribution in [0.4, 0.5) is 11.5 Å². The number of nitrogens with zero attached hydrogens (tertiary/aromatic N) is 3. The molecule has 0 fully saturated rings. The molecule has 126 valence electrons. The number of pyridine rings is 1. The van der Waals surface area contributed by atoms with Crippen LogP contribution in [0.3, 0.4) is 0 Å². The Morgan fingerprint density at radius 1 is 1.25 bits per heavy atom. The van der Waals surface area contributed by atoms with E-state index in [1.54, 1.807) is 17.9 Å². The number of carbonyl (C=O) groups is 1. The highest BCUT2D eigenvalue weighted by Gasteiger charge is 2.22. The number of nitro groups is 1. The lowest BCUT2D eigenvalue weighted by atomic mass is 10.2. The fourth-order valence-corrected chi connectivity index (χ4v) is 2.30. The van der Waals surface area contributed by atoms with Gasteiger partial charge in [0.05, 0.1) is 0 Å². The molecule has 0 bridgehead atoms. The number of ether oxygens (including phenoxy) is 1. The van der Waals surface area contributed by atoms with Crippen molar-refractivity contribution in [2.75, 3.05) is 11.5 Å². The highest BCUT2D eigenvalue weighted by atomic mass is 16.6. The molecule has 0 aliphatic rings. The molecule has 1 amide bonds. The van der Waals surface area contributed by atoms with Crippen LogP contribution in [-0.2, 0) is 4.79 Å². The second-order valence-corrected chi connectivity index (χ2v) is 5.51. The van der Waals surface area contributed by atoms with Gasteiger partial charge in [0.2, 0.25) is 5.75 Å². The quantitative estimate of drug-likeness (QED) is 0.600. The van der Waals surface area contributed by atoms with Crippen LogP contribution < -0.4 is 9.64 Å². The smallest absolute Gasteiger partial charge is 0.406 e. The highest BCUT2D eigenvalue weighted by molar-refractivity contribution is 5.94. The Kier molecular flexibility index (Phi) is 5.47. The molecule has 0 aliphatic heterocycles. The van der Waals surface area contributed by atoms with Crippen LogP contribution in [0.1, 0.15) is 19.5 Å². The van der Waals surface area contributed by atoms with Crippen LogP contribution in [0.15, 0.2) is 42.5 Å². The fraction of sp³-hybridized carbons (Fsp3) is 0.294. The van der Waals surface area contributed by atoms with Crippen molar-refractivity contribution < 1.29 is 14.5 Å². The van der Waals surface area contributed by atoms with Crippen molar-refractivity contribution in [2.45, 2.75) is 26.8 Å². The molecule has 0 radical (unpaired) electrons. The van der Waals surface area contributed by atoms with E-state index in [0.29, 0.717) is 5.69 Å². The monoisotopic (exact) mass is 329 g/mol. The predicted octanol–water partition coefficient (Wildman–Crippen LogP) is 3.12. The summed E-state index contributed by atoms with van der Waals surface area (Å²) in [6, 6.07) is 12.2. The number of aromatic nitrogens is 1. The SMILES string of the molecule is Cc1ccc(OCC(=O)N(c2ccccc2)C(C)C)c([N+](=O)[O-])n1. The number of carbonyl (C=O) groups excluding carboxylic acids is 1. The molecule has 0 unspecified atom stereocenters. The van der Waals surface area contributed by atoms with Crippen LogP contribution in [-0.4, -0.2) is 28.5 Å². The van der Waals surface area contributed by atoms with E-state index in [0.717, 1.165) is 5.69 Å². The van der Waals surface area contributed by atoms with E-state index in [2.05, 4.69) is 4.98 Å². The van der Waals surface area contributed by atoms with E-state index in [-0.39, 0.29) is 24.3 Å². The summed E-state index contributed by atoms with van der Waals surface area (Å²) >= 11 is 0. The molecule has 2 rings (SSSR count). The lowest BCUT2D eigenvalue weighted by molar-refractivity contribution is -0.390. The molecule has 7 nitrogen and oxygen atoms in total. The van der Waals surface area contributed by atoms with Gasteiger partial charge in [0.15, 0.2) is 6.61 Å². The van der Waals surface area contributed by atoms with Crippen molar-refractivity contribution in [1.82, 2.24) is 4.98 Å². The van der Waals surface area contributed by atoms with Gasteiger partial charge in [-0.25, -0.2) is 0 Å². The highest BCUT2D eigenvalue weighted by Crippen LogP contribution is 2.25. The maximum Gasteiger partial charge on any atom is 0.406 e. The van der Waals surface area contributed by atoms with Crippen LogP contribution in [0.25, 0.3) is 0 Å². The average Bonchev–Trinajstić information content (AvgIpc) is 2.54. The van der Waals surface area contributed by atoms with Gasteiger partial charge in [-0.05, 0) is 48.0 Å². The van der Waals surface area contributed by atoms with E-state index in [9.17, 15) is 14.9 Å². The zero-order valence-electron chi connectivity index (χ0n) is 13.8. The van der Waals surface area contributed by atoms with Gasteiger partial charge in [0.25, 0.3) is 5.91 Å². The molecule has 24 heavy (non-hydrogen) atoms. The molecule has 0 spiro atoms. The first kappa shape index (κ1) is 17.4. The Morgan fingerprint density at radius 3 is 2.50 bits per heavy atom. The van der Waals surface area contributed by atoms with E-state index < -0.39 is 10.7 Å². The van der Waals surface area contributed by atoms with Gasteiger partial charge in [0.1, 0.15) is 5.69 Å². The second-order valence-electron chi connectivity index (χ2n) is 5.51. The minimum Gasteiger partial charge on any atom is -0.476 e. The second kappa shape index (κ2) is 7.54. The summed E-state index contributed by atoms with van der Waals surface area (Å²) in [5.74, 6) is -0.694. The fourth-order valence-electron chi connectivity index (χ4n) is 2.30. The van der Waals surface area contributed by atoms with Gasteiger partial charge in [0, 0.05) is 18.7 Å². The first-order valence-corrected chi connectivity index (χ1v) is 7.52. The summed E-state index contributed by atoms with van der Waals surface area (Å²) in [7, 11) is 0. The first-order valence-electron chi connectivity index (χ1n) is 7.52. The van der Waals surface area contributed by atoms with Crippen molar-refractivity contribution >= 4 is 17.4 Å². The first-order chi connectivity index (χ1) is 11.4. The summed E-state index contributed by atoms with van der Waals surface area (Å²) in [6.07, 6.45) is 0. The summed E-state index contributed by atoms with van der Waals surface area (Å²) in [5.41, 5.74) is 1.26. The van der Waals surface area contributed by atoms with Gasteiger partial charge >= 0.3 is 5.82 Å². The molecule has 2 aromatic rings. The third-order valence-corrected chi connectivity index (χ3v) is 3.32. The van der Waals surface area contributed by atoms with Gasteiger partial charge < -0.3 is 19.8 Å². The topological polar surface area (TPSA) is 85.6 Å². The molecular weight excluding hydrogens is 310 g/mol. The van der Waals surface area contributed by atoms with Crippen LogP contribution in [0, 0.1) is 17.0 Å². The minimum atomic E-state index is -0.621. The summed E-state index contributed by atoms with van der Waals surface area (Å²) in [6.45, 7) is 5.12. The van der Waals surface area contributed by atoms with Crippen molar-refractivity contribution in [3.8, 4) is 5.75 Å². The third-order valence-electron chi connectivity index (χ3n) is 3.32. The number of anilines is 1. The van der Waals surface area contributed by atoms with E-state index >= 15 is 0 Å². The number of para-hydroxylation sites is 1. The summed E-state index contributed by atoms with van der Waals surface area (Å²) in [5, 5.41) is 11.0. The Labute approximate surface area is 140 Å². The maximum atomic E-state index is 12.5. The lowest BCUT2D eigenvalue weighted by Crippen LogP contribution is -2.40. The molecule has 0 atom stereocenters. The van der Waals surface area contributed by atoms with Crippen LogP contribution in [0.2, 0.25) is 0 Å². The molecule has 0 saturated carbocycles. The predicted molar refractivity (Wildman–Crippen MR) is 90.2 cm³/mol. The number of hydrogen-bond donors (Lipinski definition) is 0. The summed E-state index contributed by atoms with van der Waals surface area (Å²) in [4.78, 5) is 28.4. The molecule has 1 aromatic carbocycles. The van der Waals surface area contributed by atoms with Crippen molar-refractivity contribution in [2.24, 2.45) is 0 Å². The lowest BCUT2D eigenvalue weighted by Gasteiger charge is -2.26. The zero-order valence-corrected chi connectivity index (χ0v) is 13.8. The van der Waals surface area contributed by atoms with Crippen LogP contribution in [0.5, 0.6) is 5.75 Å². The van der Waals surface area contributed by atoms with Crippen molar-refractivity contribution in [3.63, 3.8) is 0 Å². The van der Waals surface area contributed by atoms with Crippen molar-refractivity contribution in [3.05, 3.63) is 58.3 Å². The number of benzene rings is 1. The Hall–Kier alpha value is -2.96. The Bertz CT molecular complexity index is 732. The molecule has 1 aromatic heterocycles. The molecule has 0 saturated heterocycles. The minimum absolute atomic E-state index is 0.0179. The average molecular weight is 329 g/mol.